The highest BCUT2D eigenvalue weighted by Gasteiger charge is 2.19. The molecule has 1 aliphatic rings. The van der Waals surface area contributed by atoms with Gasteiger partial charge >= 0.3 is 0 Å². The first-order valence-corrected chi connectivity index (χ1v) is 10.7. The van der Waals surface area contributed by atoms with Crippen LogP contribution in [0.2, 0.25) is 0 Å². The van der Waals surface area contributed by atoms with Gasteiger partial charge in [0.05, 0.1) is 37.7 Å². The SMILES string of the molecule is NC(=O)COCCN=Cc1cc(NC(=O)c2cccc(C(N)=O)c2)c(N2CCOCC2)cc1N. The summed E-state index contributed by atoms with van der Waals surface area (Å²) >= 11 is 0. The van der Waals surface area contributed by atoms with Crippen molar-refractivity contribution in [2.75, 3.05) is 62.0 Å². The minimum atomic E-state index is -0.616. The largest absolute Gasteiger partial charge is 0.398 e. The van der Waals surface area contributed by atoms with Gasteiger partial charge in [0.2, 0.25) is 11.8 Å². The molecule has 0 bridgehead atoms. The predicted molar refractivity (Wildman–Crippen MR) is 129 cm³/mol. The maximum atomic E-state index is 13.0. The van der Waals surface area contributed by atoms with Crippen molar-refractivity contribution in [2.24, 2.45) is 16.5 Å². The van der Waals surface area contributed by atoms with Crippen LogP contribution >= 0.6 is 0 Å². The number of rotatable bonds is 10. The number of nitrogens with one attached hydrogen (secondary N) is 1. The van der Waals surface area contributed by atoms with Gasteiger partial charge in [-0.05, 0) is 30.3 Å². The molecule has 180 valence electrons. The number of morpholine rings is 1. The smallest absolute Gasteiger partial charge is 0.255 e. The molecule has 0 saturated carbocycles. The van der Waals surface area contributed by atoms with Gasteiger partial charge in [-0.2, -0.15) is 0 Å². The fourth-order valence-electron chi connectivity index (χ4n) is 3.36. The number of carbonyl (C=O) groups is 3. The number of hydrogen-bond donors (Lipinski definition) is 4. The number of aliphatic imine (C=N–C) groups is 1. The number of nitrogen functional groups attached to an aromatic ring is 1. The minimum absolute atomic E-state index is 0.168. The van der Waals surface area contributed by atoms with E-state index in [4.69, 9.17) is 26.7 Å². The van der Waals surface area contributed by atoms with E-state index in [0.717, 1.165) is 5.69 Å². The van der Waals surface area contributed by atoms with Gasteiger partial charge in [0.15, 0.2) is 0 Å². The number of nitrogens with two attached hydrogens (primary N) is 3. The Morgan fingerprint density at radius 2 is 1.85 bits per heavy atom. The first-order valence-electron chi connectivity index (χ1n) is 10.7. The van der Waals surface area contributed by atoms with Gasteiger partial charge in [0.1, 0.15) is 6.61 Å². The van der Waals surface area contributed by atoms with E-state index in [1.54, 1.807) is 36.5 Å². The minimum Gasteiger partial charge on any atom is -0.398 e. The summed E-state index contributed by atoms with van der Waals surface area (Å²) in [5.41, 5.74) is 19.5. The summed E-state index contributed by atoms with van der Waals surface area (Å²) in [6.07, 6.45) is 1.58. The highest BCUT2D eigenvalue weighted by Crippen LogP contribution is 2.32. The summed E-state index contributed by atoms with van der Waals surface area (Å²) < 4.78 is 10.5. The molecule has 34 heavy (non-hydrogen) atoms. The van der Waals surface area contributed by atoms with Crippen LogP contribution in [0.1, 0.15) is 26.3 Å². The van der Waals surface area contributed by atoms with Crippen molar-refractivity contribution in [1.82, 2.24) is 0 Å². The molecule has 11 heteroatoms. The first-order chi connectivity index (χ1) is 16.3. The fourth-order valence-corrected chi connectivity index (χ4v) is 3.36. The average Bonchev–Trinajstić information content (AvgIpc) is 2.83. The molecule has 0 unspecified atom stereocenters. The summed E-state index contributed by atoms with van der Waals surface area (Å²) in [5, 5.41) is 2.91. The molecule has 0 radical (unpaired) electrons. The van der Waals surface area contributed by atoms with Crippen LogP contribution in [-0.4, -0.2) is 70.0 Å². The Labute approximate surface area is 196 Å². The van der Waals surface area contributed by atoms with Crippen LogP contribution in [0.25, 0.3) is 0 Å². The quantitative estimate of drug-likeness (QED) is 0.221. The third-order valence-electron chi connectivity index (χ3n) is 5.05. The van der Waals surface area contributed by atoms with Crippen LogP contribution in [-0.2, 0) is 14.3 Å². The summed E-state index contributed by atoms with van der Waals surface area (Å²) in [6, 6.07) is 9.71. The highest BCUT2D eigenvalue weighted by atomic mass is 16.5. The average molecular weight is 469 g/mol. The molecule has 2 aromatic carbocycles. The van der Waals surface area contributed by atoms with Crippen molar-refractivity contribution in [1.29, 1.82) is 0 Å². The number of ether oxygens (including phenoxy) is 2. The number of amides is 3. The monoisotopic (exact) mass is 468 g/mol. The molecule has 1 saturated heterocycles. The standard InChI is InChI=1S/C23H28N6O5/c24-18-12-20(29-5-8-33-9-6-29)19(11-17(18)13-27-4-7-34-14-21(25)30)28-23(32)16-3-1-2-15(10-16)22(26)31/h1-3,10-13H,4-9,14,24H2,(H2,25,30)(H2,26,31)(H,28,32). The highest BCUT2D eigenvalue weighted by molar-refractivity contribution is 6.08. The van der Waals surface area contributed by atoms with Crippen LogP contribution in [0, 0.1) is 0 Å². The zero-order chi connectivity index (χ0) is 24.5. The topological polar surface area (TPSA) is 175 Å². The third kappa shape index (κ3) is 6.77. The van der Waals surface area contributed by atoms with E-state index in [2.05, 4.69) is 15.2 Å². The number of primary amides is 2. The van der Waals surface area contributed by atoms with E-state index < -0.39 is 17.7 Å². The molecule has 0 aliphatic carbocycles. The Hall–Kier alpha value is -3.96. The van der Waals surface area contributed by atoms with Gasteiger partial charge in [-0.25, -0.2) is 0 Å². The van der Waals surface area contributed by atoms with Crippen LogP contribution in [0.15, 0.2) is 41.4 Å². The van der Waals surface area contributed by atoms with Gasteiger partial charge in [0, 0.05) is 41.7 Å². The number of anilines is 3. The van der Waals surface area contributed by atoms with E-state index in [1.165, 1.54) is 6.07 Å². The zero-order valence-electron chi connectivity index (χ0n) is 18.7. The molecule has 3 amide bonds. The number of hydrogen-bond acceptors (Lipinski definition) is 8. The van der Waals surface area contributed by atoms with Gasteiger partial charge in [0.25, 0.3) is 5.91 Å². The second-order valence-corrected chi connectivity index (χ2v) is 7.55. The molecule has 1 heterocycles. The Morgan fingerprint density at radius 3 is 2.56 bits per heavy atom. The molecular formula is C23H28N6O5. The zero-order valence-corrected chi connectivity index (χ0v) is 18.7. The van der Waals surface area contributed by atoms with Crippen molar-refractivity contribution in [3.63, 3.8) is 0 Å². The van der Waals surface area contributed by atoms with Crippen molar-refractivity contribution in [3.8, 4) is 0 Å². The maximum Gasteiger partial charge on any atom is 0.255 e. The Morgan fingerprint density at radius 1 is 1.12 bits per heavy atom. The van der Waals surface area contributed by atoms with Crippen LogP contribution in [0.4, 0.5) is 17.1 Å². The predicted octanol–water partition coefficient (Wildman–Crippen LogP) is 0.377. The molecule has 7 N–H and O–H groups in total. The summed E-state index contributed by atoms with van der Waals surface area (Å²) in [6.45, 7) is 2.77. The van der Waals surface area contributed by atoms with E-state index in [-0.39, 0.29) is 18.8 Å². The molecule has 0 atom stereocenters. The molecule has 1 aliphatic heterocycles. The lowest BCUT2D eigenvalue weighted by Crippen LogP contribution is -2.37. The maximum absolute atomic E-state index is 13.0. The molecule has 1 fully saturated rings. The van der Waals surface area contributed by atoms with Crippen molar-refractivity contribution in [3.05, 3.63) is 53.1 Å². The van der Waals surface area contributed by atoms with Crippen molar-refractivity contribution >= 4 is 41.0 Å². The number of carbonyl (C=O) groups excluding carboxylic acids is 3. The molecule has 0 aromatic heterocycles. The first kappa shape index (κ1) is 24.7. The van der Waals surface area contributed by atoms with Gasteiger partial charge in [-0.15, -0.1) is 0 Å². The molecule has 11 nitrogen and oxygen atoms in total. The number of nitrogens with zero attached hydrogens (tertiary/aromatic N) is 2. The summed E-state index contributed by atoms with van der Waals surface area (Å²) in [5.74, 6) is -1.56. The second-order valence-electron chi connectivity index (χ2n) is 7.55. The van der Waals surface area contributed by atoms with Crippen LogP contribution in [0.3, 0.4) is 0 Å². The molecule has 3 rings (SSSR count). The Kier molecular flexibility index (Phi) is 8.54. The van der Waals surface area contributed by atoms with Crippen LogP contribution in [0.5, 0.6) is 0 Å². The van der Waals surface area contributed by atoms with Gasteiger partial charge in [-0.3, -0.25) is 19.4 Å². The molecule has 0 spiro atoms. The second kappa shape index (κ2) is 11.8. The molecular weight excluding hydrogens is 440 g/mol. The van der Waals surface area contributed by atoms with E-state index in [9.17, 15) is 14.4 Å². The lowest BCUT2D eigenvalue weighted by atomic mass is 10.1. The Balaban J connectivity index is 1.84. The number of benzene rings is 2. The van der Waals surface area contributed by atoms with Crippen LogP contribution < -0.4 is 27.4 Å². The van der Waals surface area contributed by atoms with E-state index >= 15 is 0 Å². The van der Waals surface area contributed by atoms with Gasteiger partial charge in [-0.1, -0.05) is 6.07 Å². The third-order valence-corrected chi connectivity index (χ3v) is 5.05. The van der Waals surface area contributed by atoms with E-state index in [0.29, 0.717) is 55.3 Å². The lowest BCUT2D eigenvalue weighted by Gasteiger charge is -2.31. The van der Waals surface area contributed by atoms with Crippen molar-refractivity contribution in [2.45, 2.75) is 0 Å². The van der Waals surface area contributed by atoms with E-state index in [1.807, 2.05) is 0 Å². The van der Waals surface area contributed by atoms with Crippen molar-refractivity contribution < 1.29 is 23.9 Å². The Bertz CT molecular complexity index is 1080. The lowest BCUT2D eigenvalue weighted by molar-refractivity contribution is -0.122. The summed E-state index contributed by atoms with van der Waals surface area (Å²) in [4.78, 5) is 41.5. The molecule has 2 aromatic rings. The summed E-state index contributed by atoms with van der Waals surface area (Å²) in [7, 11) is 0. The fraction of sp³-hybridized carbons (Fsp3) is 0.304. The normalized spacial score (nSPS) is 13.7. The van der Waals surface area contributed by atoms with Gasteiger partial charge < -0.3 is 36.9 Å².